The second-order valence-corrected chi connectivity index (χ2v) is 5.96. The van der Waals surface area contributed by atoms with E-state index in [2.05, 4.69) is 29.2 Å². The van der Waals surface area contributed by atoms with Gasteiger partial charge in [0, 0.05) is 12.6 Å². The van der Waals surface area contributed by atoms with Crippen LogP contribution in [0.15, 0.2) is 24.3 Å². The molecular formula is C16H21NO2. The van der Waals surface area contributed by atoms with Crippen LogP contribution >= 0.6 is 0 Å². The van der Waals surface area contributed by atoms with Crippen LogP contribution in [0.4, 0.5) is 0 Å². The molecule has 0 bridgehead atoms. The molecule has 1 saturated heterocycles. The third kappa shape index (κ3) is 2.66. The molecule has 2 aliphatic rings. The molecule has 1 N–H and O–H groups in total. The van der Waals surface area contributed by atoms with E-state index in [0.29, 0.717) is 0 Å². The quantitative estimate of drug-likeness (QED) is 0.904. The highest BCUT2D eigenvalue weighted by molar-refractivity contribution is 5.71. The van der Waals surface area contributed by atoms with E-state index in [1.165, 1.54) is 24.0 Å². The van der Waals surface area contributed by atoms with Crippen LogP contribution in [0.1, 0.15) is 43.2 Å². The number of aliphatic carboxylic acids is 1. The van der Waals surface area contributed by atoms with Gasteiger partial charge >= 0.3 is 5.97 Å². The molecule has 1 aliphatic carbocycles. The molecule has 1 heterocycles. The average molecular weight is 259 g/mol. The molecule has 1 saturated carbocycles. The highest BCUT2D eigenvalue weighted by atomic mass is 16.4. The standard InChI is InChI=1S/C16H21NO2/c1-11-15(16(18)19)7-8-17(11)10-12-3-2-4-14(9-12)13-5-6-13/h2-4,9,11,13,15H,5-8,10H2,1H3,(H,18,19). The molecule has 1 aromatic carbocycles. The van der Waals surface area contributed by atoms with E-state index in [4.69, 9.17) is 5.11 Å². The van der Waals surface area contributed by atoms with Crippen molar-refractivity contribution in [3.05, 3.63) is 35.4 Å². The summed E-state index contributed by atoms with van der Waals surface area (Å²) in [5, 5.41) is 9.17. The van der Waals surface area contributed by atoms with Crippen molar-refractivity contribution in [3.63, 3.8) is 0 Å². The largest absolute Gasteiger partial charge is 0.481 e. The van der Waals surface area contributed by atoms with Gasteiger partial charge in [0.05, 0.1) is 5.92 Å². The van der Waals surface area contributed by atoms with E-state index in [9.17, 15) is 4.79 Å². The lowest BCUT2D eigenvalue weighted by Crippen LogP contribution is -2.32. The molecule has 2 unspecified atom stereocenters. The molecule has 0 amide bonds. The summed E-state index contributed by atoms with van der Waals surface area (Å²) >= 11 is 0. The number of hydrogen-bond donors (Lipinski definition) is 1. The summed E-state index contributed by atoms with van der Waals surface area (Å²) in [5.74, 6) is -0.0731. The van der Waals surface area contributed by atoms with E-state index in [1.54, 1.807) is 0 Å². The molecule has 1 aliphatic heterocycles. The molecule has 3 heteroatoms. The first-order valence-electron chi connectivity index (χ1n) is 7.21. The topological polar surface area (TPSA) is 40.5 Å². The Kier molecular flexibility index (Phi) is 3.31. The van der Waals surface area contributed by atoms with Crippen LogP contribution in [0.5, 0.6) is 0 Å². The van der Waals surface area contributed by atoms with Gasteiger partial charge in [-0.2, -0.15) is 0 Å². The summed E-state index contributed by atoms with van der Waals surface area (Å²) in [6.45, 7) is 3.81. The Hall–Kier alpha value is -1.35. The molecule has 0 spiro atoms. The zero-order chi connectivity index (χ0) is 13.4. The number of benzene rings is 1. The van der Waals surface area contributed by atoms with Crippen LogP contribution in [0.2, 0.25) is 0 Å². The predicted octanol–water partition coefficient (Wildman–Crippen LogP) is 2.86. The van der Waals surface area contributed by atoms with E-state index in [1.807, 2.05) is 6.92 Å². The van der Waals surface area contributed by atoms with Crippen molar-refractivity contribution >= 4 is 5.97 Å². The van der Waals surface area contributed by atoms with Crippen LogP contribution in [0.3, 0.4) is 0 Å². The van der Waals surface area contributed by atoms with Crippen LogP contribution in [-0.2, 0) is 11.3 Å². The van der Waals surface area contributed by atoms with Crippen molar-refractivity contribution in [2.75, 3.05) is 6.54 Å². The second-order valence-electron chi connectivity index (χ2n) is 5.96. The summed E-state index contributed by atoms with van der Waals surface area (Å²) in [6, 6.07) is 8.96. The molecular weight excluding hydrogens is 238 g/mol. The highest BCUT2D eigenvalue weighted by Gasteiger charge is 2.35. The van der Waals surface area contributed by atoms with E-state index < -0.39 is 5.97 Å². The van der Waals surface area contributed by atoms with Gasteiger partial charge in [0.15, 0.2) is 0 Å². The smallest absolute Gasteiger partial charge is 0.308 e. The summed E-state index contributed by atoms with van der Waals surface area (Å²) in [7, 11) is 0. The van der Waals surface area contributed by atoms with Gasteiger partial charge in [-0.15, -0.1) is 0 Å². The fourth-order valence-corrected chi connectivity index (χ4v) is 3.15. The molecule has 1 aromatic rings. The number of carboxylic acids is 1. The van der Waals surface area contributed by atoms with Crippen LogP contribution in [0, 0.1) is 5.92 Å². The normalized spacial score (nSPS) is 27.6. The monoisotopic (exact) mass is 259 g/mol. The lowest BCUT2D eigenvalue weighted by molar-refractivity contribution is -0.142. The van der Waals surface area contributed by atoms with Gasteiger partial charge in [0.2, 0.25) is 0 Å². The SMILES string of the molecule is CC1C(C(=O)O)CCN1Cc1cccc(C2CC2)c1. The number of nitrogens with zero attached hydrogens (tertiary/aromatic N) is 1. The fraction of sp³-hybridized carbons (Fsp3) is 0.562. The first-order valence-corrected chi connectivity index (χ1v) is 7.21. The number of likely N-dealkylation sites (tertiary alicyclic amines) is 1. The zero-order valence-electron chi connectivity index (χ0n) is 11.4. The minimum absolute atomic E-state index is 0.141. The van der Waals surface area contributed by atoms with Crippen molar-refractivity contribution in [2.24, 2.45) is 5.92 Å². The van der Waals surface area contributed by atoms with E-state index in [0.717, 1.165) is 25.4 Å². The summed E-state index contributed by atoms with van der Waals surface area (Å²) < 4.78 is 0. The Balaban J connectivity index is 1.68. The molecule has 0 radical (unpaired) electrons. The van der Waals surface area contributed by atoms with Gasteiger partial charge in [0.25, 0.3) is 0 Å². The Morgan fingerprint density at radius 1 is 1.37 bits per heavy atom. The maximum absolute atomic E-state index is 11.1. The molecule has 2 fully saturated rings. The zero-order valence-corrected chi connectivity index (χ0v) is 11.4. The van der Waals surface area contributed by atoms with Gasteiger partial charge < -0.3 is 5.11 Å². The Labute approximate surface area is 114 Å². The highest BCUT2D eigenvalue weighted by Crippen LogP contribution is 2.40. The summed E-state index contributed by atoms with van der Waals surface area (Å²) in [5.41, 5.74) is 2.78. The van der Waals surface area contributed by atoms with Crippen LogP contribution < -0.4 is 0 Å². The van der Waals surface area contributed by atoms with Gasteiger partial charge in [-0.05, 0) is 49.8 Å². The third-order valence-corrected chi connectivity index (χ3v) is 4.59. The number of hydrogen-bond acceptors (Lipinski definition) is 2. The Morgan fingerprint density at radius 3 is 2.79 bits per heavy atom. The molecule has 102 valence electrons. The second kappa shape index (κ2) is 4.97. The van der Waals surface area contributed by atoms with Crippen molar-refractivity contribution < 1.29 is 9.90 Å². The first kappa shape index (κ1) is 12.7. The minimum atomic E-state index is -0.651. The van der Waals surface area contributed by atoms with Crippen molar-refractivity contribution in [1.29, 1.82) is 0 Å². The molecule has 19 heavy (non-hydrogen) atoms. The van der Waals surface area contributed by atoms with Crippen molar-refractivity contribution in [1.82, 2.24) is 4.90 Å². The number of carboxylic acid groups (broad SMARTS) is 1. The molecule has 3 nitrogen and oxygen atoms in total. The lowest BCUT2D eigenvalue weighted by Gasteiger charge is -2.23. The summed E-state index contributed by atoms with van der Waals surface area (Å²) in [6.07, 6.45) is 3.42. The number of rotatable bonds is 4. The van der Waals surface area contributed by atoms with Crippen molar-refractivity contribution in [2.45, 2.75) is 44.7 Å². The molecule has 2 atom stereocenters. The van der Waals surface area contributed by atoms with Crippen molar-refractivity contribution in [3.8, 4) is 0 Å². The first-order chi connectivity index (χ1) is 9.15. The lowest BCUT2D eigenvalue weighted by atomic mass is 10.0. The maximum Gasteiger partial charge on any atom is 0.308 e. The molecule has 0 aromatic heterocycles. The van der Waals surface area contributed by atoms with Gasteiger partial charge in [-0.3, -0.25) is 9.69 Å². The number of carbonyl (C=O) groups is 1. The minimum Gasteiger partial charge on any atom is -0.481 e. The maximum atomic E-state index is 11.1. The van der Waals surface area contributed by atoms with Gasteiger partial charge in [0.1, 0.15) is 0 Å². The Morgan fingerprint density at radius 2 is 2.16 bits per heavy atom. The summed E-state index contributed by atoms with van der Waals surface area (Å²) in [4.78, 5) is 13.4. The predicted molar refractivity (Wildman–Crippen MR) is 74.0 cm³/mol. The van der Waals surface area contributed by atoms with E-state index >= 15 is 0 Å². The van der Waals surface area contributed by atoms with E-state index in [-0.39, 0.29) is 12.0 Å². The van der Waals surface area contributed by atoms with Gasteiger partial charge in [-0.25, -0.2) is 0 Å². The molecule has 3 rings (SSSR count). The van der Waals surface area contributed by atoms with Crippen LogP contribution in [0.25, 0.3) is 0 Å². The van der Waals surface area contributed by atoms with Gasteiger partial charge in [-0.1, -0.05) is 24.3 Å². The average Bonchev–Trinajstić information content (AvgIpc) is 3.16. The Bertz CT molecular complexity index is 481. The van der Waals surface area contributed by atoms with Crippen LogP contribution in [-0.4, -0.2) is 28.6 Å². The third-order valence-electron chi connectivity index (χ3n) is 4.59. The fourth-order valence-electron chi connectivity index (χ4n) is 3.15.